The minimum Gasteiger partial charge on any atom is -0.357 e. The molecule has 1 aromatic heterocycles. The predicted octanol–water partition coefficient (Wildman–Crippen LogP) is 3.06. The second kappa shape index (κ2) is 7.80. The summed E-state index contributed by atoms with van der Waals surface area (Å²) < 4.78 is 37.4. The number of aliphatic imine (C=N–C) groups is 1. The van der Waals surface area contributed by atoms with Gasteiger partial charge in [-0.05, 0) is 19.3 Å². The predicted molar refractivity (Wildman–Crippen MR) is 82.1 cm³/mol. The van der Waals surface area contributed by atoms with E-state index in [2.05, 4.69) is 20.6 Å². The van der Waals surface area contributed by atoms with Gasteiger partial charge in [-0.1, -0.05) is 12.8 Å². The van der Waals surface area contributed by atoms with Gasteiger partial charge in [-0.2, -0.15) is 13.2 Å². The summed E-state index contributed by atoms with van der Waals surface area (Å²) in [6.07, 6.45) is -0.177. The summed E-state index contributed by atoms with van der Waals surface area (Å²) in [5, 5.41) is 7.81. The van der Waals surface area contributed by atoms with E-state index in [1.165, 1.54) is 12.8 Å². The van der Waals surface area contributed by atoms with Crippen LogP contribution in [0, 0.1) is 5.92 Å². The van der Waals surface area contributed by atoms with Crippen molar-refractivity contribution >= 4 is 17.3 Å². The minimum atomic E-state index is -4.36. The SMILES string of the molecule is CCNC(=NCCC1CC1)NCCc1nc(C(F)(F)F)cs1. The topological polar surface area (TPSA) is 49.3 Å². The molecule has 1 heterocycles. The Morgan fingerprint density at radius 3 is 2.77 bits per heavy atom. The molecule has 1 aromatic rings. The Labute approximate surface area is 132 Å². The fourth-order valence-electron chi connectivity index (χ4n) is 1.95. The first kappa shape index (κ1) is 17.1. The van der Waals surface area contributed by atoms with E-state index in [9.17, 15) is 13.2 Å². The van der Waals surface area contributed by atoms with Crippen molar-refractivity contribution in [2.45, 2.75) is 38.8 Å². The second-order valence-corrected chi connectivity index (χ2v) is 6.24. The van der Waals surface area contributed by atoms with Crippen LogP contribution in [-0.2, 0) is 12.6 Å². The molecule has 2 N–H and O–H groups in total. The Morgan fingerprint density at radius 2 is 2.18 bits per heavy atom. The van der Waals surface area contributed by atoms with E-state index in [0.717, 1.165) is 48.1 Å². The number of thiazole rings is 1. The molecule has 0 unspecified atom stereocenters. The Balaban J connectivity index is 1.75. The van der Waals surface area contributed by atoms with Crippen LogP contribution >= 0.6 is 11.3 Å². The molecule has 1 aliphatic carbocycles. The van der Waals surface area contributed by atoms with Crippen molar-refractivity contribution in [3.05, 3.63) is 16.1 Å². The average molecular weight is 334 g/mol. The zero-order valence-corrected chi connectivity index (χ0v) is 13.4. The van der Waals surface area contributed by atoms with Gasteiger partial charge < -0.3 is 10.6 Å². The molecule has 2 rings (SSSR count). The second-order valence-electron chi connectivity index (χ2n) is 5.29. The van der Waals surface area contributed by atoms with Crippen molar-refractivity contribution in [1.82, 2.24) is 15.6 Å². The molecule has 22 heavy (non-hydrogen) atoms. The first-order valence-corrected chi connectivity index (χ1v) is 8.40. The van der Waals surface area contributed by atoms with E-state index in [0.29, 0.717) is 18.0 Å². The summed E-state index contributed by atoms with van der Waals surface area (Å²) in [7, 11) is 0. The third-order valence-electron chi connectivity index (χ3n) is 3.32. The molecule has 1 saturated carbocycles. The van der Waals surface area contributed by atoms with Gasteiger partial charge in [0.15, 0.2) is 11.7 Å². The van der Waals surface area contributed by atoms with Crippen LogP contribution in [0.3, 0.4) is 0 Å². The van der Waals surface area contributed by atoms with Crippen LogP contribution in [-0.4, -0.2) is 30.6 Å². The minimum absolute atomic E-state index is 0.452. The van der Waals surface area contributed by atoms with Crippen molar-refractivity contribution in [2.75, 3.05) is 19.6 Å². The van der Waals surface area contributed by atoms with Crippen molar-refractivity contribution in [1.29, 1.82) is 0 Å². The normalized spacial score (nSPS) is 15.9. The van der Waals surface area contributed by atoms with E-state index in [1.807, 2.05) is 6.92 Å². The van der Waals surface area contributed by atoms with E-state index >= 15 is 0 Å². The summed E-state index contributed by atoms with van der Waals surface area (Å²) >= 11 is 1.04. The van der Waals surface area contributed by atoms with E-state index < -0.39 is 11.9 Å². The average Bonchev–Trinajstić information content (AvgIpc) is 3.13. The molecule has 0 atom stereocenters. The summed E-state index contributed by atoms with van der Waals surface area (Å²) in [6, 6.07) is 0. The maximum absolute atomic E-state index is 12.5. The van der Waals surface area contributed by atoms with Gasteiger partial charge in [-0.25, -0.2) is 4.98 Å². The van der Waals surface area contributed by atoms with Crippen molar-refractivity contribution in [3.8, 4) is 0 Å². The van der Waals surface area contributed by atoms with Gasteiger partial charge in [-0.15, -0.1) is 11.3 Å². The largest absolute Gasteiger partial charge is 0.434 e. The van der Waals surface area contributed by atoms with Crippen molar-refractivity contribution < 1.29 is 13.2 Å². The Hall–Kier alpha value is -1.31. The Kier molecular flexibility index (Phi) is 6.05. The monoisotopic (exact) mass is 334 g/mol. The van der Waals surface area contributed by atoms with Gasteiger partial charge in [0.2, 0.25) is 0 Å². The third kappa shape index (κ3) is 5.82. The first-order chi connectivity index (χ1) is 10.5. The maximum Gasteiger partial charge on any atom is 0.434 e. The lowest BCUT2D eigenvalue weighted by Crippen LogP contribution is -2.38. The molecule has 0 aromatic carbocycles. The molecule has 8 heteroatoms. The summed E-state index contributed by atoms with van der Waals surface area (Å²) in [5.74, 6) is 1.55. The van der Waals surface area contributed by atoms with Gasteiger partial charge in [0.05, 0.1) is 5.01 Å². The lowest BCUT2D eigenvalue weighted by Gasteiger charge is -2.10. The highest BCUT2D eigenvalue weighted by Crippen LogP contribution is 2.32. The van der Waals surface area contributed by atoms with Crippen molar-refractivity contribution in [2.24, 2.45) is 10.9 Å². The fraction of sp³-hybridized carbons (Fsp3) is 0.714. The molecule has 0 aliphatic heterocycles. The summed E-state index contributed by atoms with van der Waals surface area (Å²) in [5.41, 5.74) is -0.808. The number of hydrogen-bond acceptors (Lipinski definition) is 3. The highest BCUT2D eigenvalue weighted by atomic mass is 32.1. The van der Waals surface area contributed by atoms with Crippen LogP contribution in [0.15, 0.2) is 10.4 Å². The molecule has 124 valence electrons. The molecule has 0 spiro atoms. The number of hydrogen-bond donors (Lipinski definition) is 2. The number of aromatic nitrogens is 1. The molecular weight excluding hydrogens is 313 g/mol. The summed E-state index contributed by atoms with van der Waals surface area (Å²) in [6.45, 7) is 4.04. The van der Waals surface area contributed by atoms with E-state index in [4.69, 9.17) is 0 Å². The number of nitrogens with one attached hydrogen (secondary N) is 2. The highest BCUT2D eigenvalue weighted by molar-refractivity contribution is 7.09. The smallest absolute Gasteiger partial charge is 0.357 e. The molecule has 0 radical (unpaired) electrons. The number of alkyl halides is 3. The Morgan fingerprint density at radius 1 is 1.41 bits per heavy atom. The molecule has 0 saturated heterocycles. The van der Waals surface area contributed by atoms with Crippen LogP contribution < -0.4 is 10.6 Å². The van der Waals surface area contributed by atoms with Gasteiger partial charge in [0.25, 0.3) is 0 Å². The Bertz CT molecular complexity index is 495. The van der Waals surface area contributed by atoms with Gasteiger partial charge in [0.1, 0.15) is 0 Å². The van der Waals surface area contributed by atoms with Gasteiger partial charge in [-0.3, -0.25) is 4.99 Å². The van der Waals surface area contributed by atoms with Crippen LogP contribution in [0.4, 0.5) is 13.2 Å². The summed E-state index contributed by atoms with van der Waals surface area (Å²) in [4.78, 5) is 8.08. The van der Waals surface area contributed by atoms with Crippen LogP contribution in [0.25, 0.3) is 0 Å². The molecule has 4 nitrogen and oxygen atoms in total. The lowest BCUT2D eigenvalue weighted by molar-refractivity contribution is -0.140. The molecule has 1 fully saturated rings. The third-order valence-corrected chi connectivity index (χ3v) is 4.23. The van der Waals surface area contributed by atoms with Gasteiger partial charge >= 0.3 is 6.18 Å². The number of halogens is 3. The van der Waals surface area contributed by atoms with Crippen LogP contribution in [0.5, 0.6) is 0 Å². The first-order valence-electron chi connectivity index (χ1n) is 7.53. The number of rotatable bonds is 7. The van der Waals surface area contributed by atoms with E-state index in [1.54, 1.807) is 0 Å². The molecule has 1 aliphatic rings. The lowest BCUT2D eigenvalue weighted by atomic mass is 10.3. The van der Waals surface area contributed by atoms with Crippen molar-refractivity contribution in [3.63, 3.8) is 0 Å². The van der Waals surface area contributed by atoms with Crippen LogP contribution in [0.2, 0.25) is 0 Å². The fourth-order valence-corrected chi connectivity index (χ4v) is 2.76. The molecule has 0 amide bonds. The maximum atomic E-state index is 12.5. The van der Waals surface area contributed by atoms with Gasteiger partial charge in [0, 0.05) is 31.4 Å². The number of nitrogens with zero attached hydrogens (tertiary/aromatic N) is 2. The van der Waals surface area contributed by atoms with Crippen LogP contribution in [0.1, 0.15) is 36.9 Å². The molecule has 0 bridgehead atoms. The standard InChI is InChI=1S/C14H21F3N4S/c1-2-18-13(19-7-5-10-3-4-10)20-8-6-12-21-11(9-22-12)14(15,16)17/h9-10H,2-8H2,1H3,(H2,18,19,20). The quantitative estimate of drug-likeness (QED) is 0.595. The number of guanidine groups is 1. The zero-order chi connectivity index (χ0) is 16.0. The zero-order valence-electron chi connectivity index (χ0n) is 12.5. The van der Waals surface area contributed by atoms with E-state index in [-0.39, 0.29) is 0 Å². The highest BCUT2D eigenvalue weighted by Gasteiger charge is 2.33. The molecular formula is C14H21F3N4S.